The maximum Gasteiger partial charge on any atom is 0.0447 e. The van der Waals surface area contributed by atoms with E-state index < -0.39 is 0 Å². The lowest BCUT2D eigenvalue weighted by atomic mass is 10.1. The lowest BCUT2D eigenvalue weighted by molar-refractivity contribution is 0.289. The number of rotatable bonds is 7. The van der Waals surface area contributed by atoms with Gasteiger partial charge in [-0.05, 0) is 51.8 Å². The number of nitrogens with zero attached hydrogens (tertiary/aromatic N) is 1. The monoisotopic (exact) mass is 298 g/mol. The first-order valence-electron chi connectivity index (χ1n) is 7.26. The third kappa shape index (κ3) is 5.70. The summed E-state index contributed by atoms with van der Waals surface area (Å²) in [5, 5.41) is 13.3. The van der Waals surface area contributed by atoms with Crippen molar-refractivity contribution in [2.75, 3.05) is 24.6 Å². The van der Waals surface area contributed by atoms with E-state index in [0.29, 0.717) is 0 Å². The molecule has 1 rings (SSSR count). The third-order valence-corrected chi connectivity index (χ3v) is 3.40. The highest BCUT2D eigenvalue weighted by atomic mass is 35.5. The van der Waals surface area contributed by atoms with Gasteiger partial charge in [0.1, 0.15) is 0 Å². The van der Waals surface area contributed by atoms with Crippen molar-refractivity contribution in [3.05, 3.63) is 28.8 Å². The summed E-state index contributed by atoms with van der Waals surface area (Å²) in [6.45, 7) is 11.4. The molecule has 1 aromatic rings. The molecule has 0 aliphatic rings. The molecule has 0 aliphatic heterocycles. The van der Waals surface area contributed by atoms with Crippen LogP contribution in [0.25, 0.3) is 0 Å². The number of halogens is 1. The summed E-state index contributed by atoms with van der Waals surface area (Å²) in [4.78, 5) is 2.27. The van der Waals surface area contributed by atoms with E-state index in [1.54, 1.807) is 0 Å². The van der Waals surface area contributed by atoms with Gasteiger partial charge < -0.3 is 15.3 Å². The van der Waals surface area contributed by atoms with E-state index in [4.69, 9.17) is 16.7 Å². The predicted molar refractivity (Wildman–Crippen MR) is 87.6 cm³/mol. The standard InChI is InChI=1S/C16H27ClN2O/c1-5-19(9-6-10-20)15-11-14(17)8-7-13(15)12-18-16(2,3)4/h7-8,11,18,20H,5-6,9-10,12H2,1-4H3. The van der Waals surface area contributed by atoms with Gasteiger partial charge in [0.2, 0.25) is 0 Å². The highest BCUT2D eigenvalue weighted by molar-refractivity contribution is 6.30. The maximum atomic E-state index is 9.03. The van der Waals surface area contributed by atoms with E-state index in [2.05, 4.69) is 44.0 Å². The Morgan fingerprint density at radius 1 is 1.30 bits per heavy atom. The summed E-state index contributed by atoms with van der Waals surface area (Å²) < 4.78 is 0. The van der Waals surface area contributed by atoms with Gasteiger partial charge in [0, 0.05) is 42.5 Å². The molecule has 0 spiro atoms. The van der Waals surface area contributed by atoms with E-state index in [9.17, 15) is 0 Å². The molecule has 0 aliphatic carbocycles. The van der Waals surface area contributed by atoms with Crippen LogP contribution in [-0.4, -0.2) is 30.3 Å². The molecule has 4 heteroatoms. The molecular weight excluding hydrogens is 272 g/mol. The SMILES string of the molecule is CCN(CCCO)c1cc(Cl)ccc1CNC(C)(C)C. The fourth-order valence-electron chi connectivity index (χ4n) is 2.05. The van der Waals surface area contributed by atoms with Crippen LogP contribution < -0.4 is 10.2 Å². The molecule has 0 bridgehead atoms. The van der Waals surface area contributed by atoms with Gasteiger partial charge in [0.25, 0.3) is 0 Å². The molecule has 0 amide bonds. The highest BCUT2D eigenvalue weighted by Crippen LogP contribution is 2.25. The van der Waals surface area contributed by atoms with Crippen LogP contribution in [0.3, 0.4) is 0 Å². The fourth-order valence-corrected chi connectivity index (χ4v) is 2.22. The van der Waals surface area contributed by atoms with Gasteiger partial charge in [0.05, 0.1) is 0 Å². The quantitative estimate of drug-likeness (QED) is 0.809. The summed E-state index contributed by atoms with van der Waals surface area (Å²) >= 11 is 6.15. The normalized spacial score (nSPS) is 11.7. The predicted octanol–water partition coefficient (Wildman–Crippen LogP) is 3.44. The Morgan fingerprint density at radius 3 is 2.55 bits per heavy atom. The molecule has 0 radical (unpaired) electrons. The molecule has 1 aromatic carbocycles. The summed E-state index contributed by atoms with van der Waals surface area (Å²) in [7, 11) is 0. The van der Waals surface area contributed by atoms with Crippen LogP contribution in [-0.2, 0) is 6.54 Å². The average Bonchev–Trinajstić information content (AvgIpc) is 2.37. The summed E-state index contributed by atoms with van der Waals surface area (Å²) in [6.07, 6.45) is 0.770. The number of anilines is 1. The van der Waals surface area contributed by atoms with Crippen LogP contribution in [0.2, 0.25) is 5.02 Å². The van der Waals surface area contributed by atoms with Crippen molar-refractivity contribution in [2.24, 2.45) is 0 Å². The van der Waals surface area contributed by atoms with E-state index in [1.807, 2.05) is 12.1 Å². The van der Waals surface area contributed by atoms with Gasteiger partial charge in [-0.1, -0.05) is 17.7 Å². The Labute approximate surface area is 127 Å². The summed E-state index contributed by atoms with van der Waals surface area (Å²) in [5.41, 5.74) is 2.48. The molecule has 0 fully saturated rings. The van der Waals surface area contributed by atoms with Crippen molar-refractivity contribution in [1.29, 1.82) is 0 Å². The third-order valence-electron chi connectivity index (χ3n) is 3.17. The second-order valence-corrected chi connectivity index (χ2v) is 6.47. The van der Waals surface area contributed by atoms with Crippen molar-refractivity contribution in [3.63, 3.8) is 0 Å². The molecule has 0 aromatic heterocycles. The van der Waals surface area contributed by atoms with Crippen LogP contribution in [0.15, 0.2) is 18.2 Å². The zero-order chi connectivity index (χ0) is 15.2. The van der Waals surface area contributed by atoms with Crippen LogP contribution in [0, 0.1) is 0 Å². The number of hydrogen-bond acceptors (Lipinski definition) is 3. The first kappa shape index (κ1) is 17.3. The van der Waals surface area contributed by atoms with Crippen LogP contribution in [0.5, 0.6) is 0 Å². The fraction of sp³-hybridized carbons (Fsp3) is 0.625. The van der Waals surface area contributed by atoms with Gasteiger partial charge in [-0.15, -0.1) is 0 Å². The van der Waals surface area contributed by atoms with Crippen molar-refractivity contribution in [3.8, 4) is 0 Å². The van der Waals surface area contributed by atoms with Gasteiger partial charge >= 0.3 is 0 Å². The minimum Gasteiger partial charge on any atom is -0.396 e. The van der Waals surface area contributed by atoms with Crippen molar-refractivity contribution in [2.45, 2.75) is 46.2 Å². The maximum absolute atomic E-state index is 9.03. The highest BCUT2D eigenvalue weighted by Gasteiger charge is 2.13. The Balaban J connectivity index is 2.93. The first-order chi connectivity index (χ1) is 9.37. The topological polar surface area (TPSA) is 35.5 Å². The summed E-state index contributed by atoms with van der Waals surface area (Å²) in [5.74, 6) is 0. The van der Waals surface area contributed by atoms with Crippen molar-refractivity contribution >= 4 is 17.3 Å². The lowest BCUT2D eigenvalue weighted by Crippen LogP contribution is -2.36. The van der Waals surface area contributed by atoms with E-state index in [0.717, 1.165) is 36.8 Å². The number of hydrogen-bond donors (Lipinski definition) is 2. The lowest BCUT2D eigenvalue weighted by Gasteiger charge is -2.28. The van der Waals surface area contributed by atoms with Crippen molar-refractivity contribution in [1.82, 2.24) is 5.32 Å². The van der Waals surface area contributed by atoms with Gasteiger partial charge in [-0.3, -0.25) is 0 Å². The largest absolute Gasteiger partial charge is 0.396 e. The molecule has 0 unspecified atom stereocenters. The van der Waals surface area contributed by atoms with Crippen molar-refractivity contribution < 1.29 is 5.11 Å². The van der Waals surface area contributed by atoms with Crippen LogP contribution in [0.4, 0.5) is 5.69 Å². The van der Waals surface area contributed by atoms with Gasteiger partial charge in [0.15, 0.2) is 0 Å². The Morgan fingerprint density at radius 2 is 2.00 bits per heavy atom. The minimum absolute atomic E-state index is 0.0824. The van der Waals surface area contributed by atoms with Gasteiger partial charge in [-0.2, -0.15) is 0 Å². The van der Waals surface area contributed by atoms with E-state index in [1.165, 1.54) is 5.56 Å². The number of aliphatic hydroxyl groups is 1. The Kier molecular flexibility index (Phi) is 6.80. The Bertz CT molecular complexity index is 415. The van der Waals surface area contributed by atoms with Crippen LogP contribution >= 0.6 is 11.6 Å². The second kappa shape index (κ2) is 7.87. The van der Waals surface area contributed by atoms with Crippen LogP contribution in [0.1, 0.15) is 39.7 Å². The van der Waals surface area contributed by atoms with E-state index in [-0.39, 0.29) is 12.1 Å². The smallest absolute Gasteiger partial charge is 0.0447 e. The summed E-state index contributed by atoms with van der Waals surface area (Å²) in [6, 6.07) is 6.03. The van der Waals surface area contributed by atoms with Gasteiger partial charge in [-0.25, -0.2) is 0 Å². The average molecular weight is 299 g/mol. The molecule has 114 valence electrons. The number of nitrogens with one attached hydrogen (secondary N) is 1. The minimum atomic E-state index is 0.0824. The Hall–Kier alpha value is -0.770. The zero-order valence-corrected chi connectivity index (χ0v) is 13.8. The second-order valence-electron chi connectivity index (χ2n) is 6.03. The molecule has 0 saturated heterocycles. The molecule has 20 heavy (non-hydrogen) atoms. The number of benzene rings is 1. The molecule has 0 saturated carbocycles. The first-order valence-corrected chi connectivity index (χ1v) is 7.64. The molecule has 3 nitrogen and oxygen atoms in total. The molecule has 0 atom stereocenters. The number of aliphatic hydroxyl groups excluding tert-OH is 1. The molecule has 0 heterocycles. The van der Waals surface area contributed by atoms with E-state index >= 15 is 0 Å². The zero-order valence-electron chi connectivity index (χ0n) is 13.0. The molecule has 2 N–H and O–H groups in total. The molecular formula is C16H27ClN2O.